The highest BCUT2D eigenvalue weighted by Gasteiger charge is 2.62. The molecule has 0 heterocycles. The highest BCUT2D eigenvalue weighted by atomic mass is 16.6. The van der Waals surface area contributed by atoms with Crippen LogP contribution in [0.3, 0.4) is 0 Å². The predicted octanol–water partition coefficient (Wildman–Crippen LogP) is 5.29. The maximum Gasteiger partial charge on any atom is 0.350 e. The zero-order valence-electron chi connectivity index (χ0n) is 29.4. The molecule has 260 valence electrons. The molecule has 0 bridgehead atoms. The maximum atomic E-state index is 12.9. The topological polar surface area (TPSA) is 126 Å². The Balaban J connectivity index is 1.24. The van der Waals surface area contributed by atoms with Crippen LogP contribution in [0.25, 0.3) is 0 Å². The average Bonchev–Trinajstić information content (AvgIpc) is 3.31. The zero-order chi connectivity index (χ0) is 34.1. The van der Waals surface area contributed by atoms with Gasteiger partial charge in [-0.2, -0.15) is 0 Å². The summed E-state index contributed by atoms with van der Waals surface area (Å²) in [6, 6.07) is 0. The molecule has 0 aromatic rings. The number of hydrogen-bond acceptors (Lipinski definition) is 10. The Kier molecular flexibility index (Phi) is 11.0. The Bertz CT molecular complexity index is 1180. The molecular weight excluding hydrogens is 590 g/mol. The largest absolute Gasteiger partial charge is 0.466 e. The Morgan fingerprint density at radius 1 is 0.826 bits per heavy atom. The molecule has 4 aliphatic rings. The van der Waals surface area contributed by atoms with Crippen LogP contribution in [0.15, 0.2) is 0 Å². The molecule has 4 saturated carbocycles. The fourth-order valence-corrected chi connectivity index (χ4v) is 9.99. The second kappa shape index (κ2) is 13.9. The summed E-state index contributed by atoms with van der Waals surface area (Å²) < 4.78 is 21.5. The van der Waals surface area contributed by atoms with Gasteiger partial charge in [0.05, 0.1) is 13.2 Å². The highest BCUT2D eigenvalue weighted by Crippen LogP contribution is 2.68. The van der Waals surface area contributed by atoms with E-state index in [4.69, 9.17) is 18.9 Å². The number of carbonyl (C=O) groups excluding carboxylic acids is 5. The van der Waals surface area contributed by atoms with E-state index in [0.717, 1.165) is 38.5 Å². The average molecular weight is 648 g/mol. The lowest BCUT2D eigenvalue weighted by Gasteiger charge is -2.62. The summed E-state index contributed by atoms with van der Waals surface area (Å²) >= 11 is 0. The van der Waals surface area contributed by atoms with Crippen molar-refractivity contribution in [2.45, 2.75) is 124 Å². The number of rotatable bonds is 12. The summed E-state index contributed by atoms with van der Waals surface area (Å²) in [5.41, 5.74) is -1.87. The van der Waals surface area contributed by atoms with Crippen LogP contribution >= 0.6 is 0 Å². The summed E-state index contributed by atoms with van der Waals surface area (Å²) in [4.78, 5) is 63.2. The number of esters is 4. The van der Waals surface area contributed by atoms with Crippen molar-refractivity contribution in [3.63, 3.8) is 0 Å². The first-order valence-electron chi connectivity index (χ1n) is 17.3. The summed E-state index contributed by atoms with van der Waals surface area (Å²) in [5.74, 6) is 0.577. The number of fused-ring (bicyclic) bond motifs is 5. The first-order chi connectivity index (χ1) is 21.4. The molecule has 46 heavy (non-hydrogen) atoms. The molecule has 0 amide bonds. The van der Waals surface area contributed by atoms with Gasteiger partial charge in [-0.15, -0.1) is 0 Å². The molecule has 0 saturated heterocycles. The van der Waals surface area contributed by atoms with Crippen LogP contribution in [0, 0.1) is 40.4 Å². The first kappa shape index (κ1) is 36.3. The second-order valence-electron chi connectivity index (χ2n) is 16.1. The van der Waals surface area contributed by atoms with E-state index in [0.29, 0.717) is 42.4 Å². The molecule has 0 aromatic heterocycles. The second-order valence-corrected chi connectivity index (χ2v) is 16.1. The summed E-state index contributed by atoms with van der Waals surface area (Å²) in [6.45, 7) is 13.0. The van der Waals surface area contributed by atoms with Gasteiger partial charge in [-0.05, 0) is 133 Å². The van der Waals surface area contributed by atoms with Crippen molar-refractivity contribution < 1.29 is 42.9 Å². The van der Waals surface area contributed by atoms with Crippen LogP contribution in [0.1, 0.15) is 113 Å². The van der Waals surface area contributed by atoms with Gasteiger partial charge in [0.2, 0.25) is 5.60 Å². The predicted molar refractivity (Wildman–Crippen MR) is 170 cm³/mol. The molecule has 10 heteroatoms. The summed E-state index contributed by atoms with van der Waals surface area (Å²) in [6.07, 6.45) is 9.89. The molecular formula is C36H57NO9. The molecule has 4 fully saturated rings. The van der Waals surface area contributed by atoms with Gasteiger partial charge >= 0.3 is 23.9 Å². The van der Waals surface area contributed by atoms with E-state index in [9.17, 15) is 24.0 Å². The Morgan fingerprint density at radius 2 is 1.52 bits per heavy atom. The van der Waals surface area contributed by atoms with Crippen molar-refractivity contribution in [2.75, 3.05) is 33.4 Å². The number of Topliss-reactive ketones (excluding diaryl/α,β-unsaturated/α-hetero) is 1. The third-order valence-electron chi connectivity index (χ3n) is 12.4. The third-order valence-corrected chi connectivity index (χ3v) is 12.4. The normalized spacial score (nSPS) is 35.3. The number of hydrogen-bond donors (Lipinski definition) is 0. The number of carbonyl (C=O) groups is 5. The molecule has 4 rings (SSSR count). The summed E-state index contributed by atoms with van der Waals surface area (Å²) in [7, 11) is 1.72. The van der Waals surface area contributed by atoms with E-state index < -0.39 is 35.7 Å². The molecule has 0 N–H and O–H groups in total. The van der Waals surface area contributed by atoms with Crippen molar-refractivity contribution in [3.05, 3.63) is 0 Å². The molecule has 0 spiro atoms. The van der Waals surface area contributed by atoms with Gasteiger partial charge in [0.25, 0.3) is 0 Å². The van der Waals surface area contributed by atoms with Crippen molar-refractivity contribution in [1.82, 2.24) is 4.90 Å². The number of nitrogens with zero attached hydrogens (tertiary/aromatic N) is 1. The number of ether oxygens (including phenoxy) is 4. The van der Waals surface area contributed by atoms with E-state index in [1.807, 2.05) is 6.92 Å². The molecule has 10 nitrogen and oxygen atoms in total. The monoisotopic (exact) mass is 647 g/mol. The van der Waals surface area contributed by atoms with Gasteiger partial charge in [0.1, 0.15) is 11.4 Å². The van der Waals surface area contributed by atoms with Crippen LogP contribution in [0.2, 0.25) is 0 Å². The first-order valence-corrected chi connectivity index (χ1v) is 17.3. The van der Waals surface area contributed by atoms with Crippen LogP contribution < -0.4 is 0 Å². The van der Waals surface area contributed by atoms with Gasteiger partial charge in [-0.25, -0.2) is 9.59 Å². The van der Waals surface area contributed by atoms with E-state index in [1.165, 1.54) is 40.0 Å². The molecule has 0 unspecified atom stereocenters. The van der Waals surface area contributed by atoms with E-state index in [-0.39, 0.29) is 35.9 Å². The van der Waals surface area contributed by atoms with Crippen molar-refractivity contribution in [2.24, 2.45) is 40.4 Å². The van der Waals surface area contributed by atoms with Crippen molar-refractivity contribution in [1.29, 1.82) is 0 Å². The van der Waals surface area contributed by atoms with E-state index >= 15 is 0 Å². The molecule has 0 aliphatic heterocycles. The van der Waals surface area contributed by atoms with Gasteiger partial charge < -0.3 is 18.9 Å². The fraction of sp³-hybridized carbons (Fsp3) is 0.861. The minimum Gasteiger partial charge on any atom is -0.466 e. The molecule has 0 aromatic carbocycles. The van der Waals surface area contributed by atoms with Gasteiger partial charge in [0.15, 0.2) is 6.61 Å². The van der Waals surface area contributed by atoms with Crippen LogP contribution in [0.5, 0.6) is 0 Å². The lowest BCUT2D eigenvalue weighted by atomic mass is 9.44. The minimum atomic E-state index is -1.58. The minimum absolute atomic E-state index is 0.0578. The Morgan fingerprint density at radius 3 is 2.20 bits per heavy atom. The lowest BCUT2D eigenvalue weighted by molar-refractivity contribution is -0.191. The van der Waals surface area contributed by atoms with Gasteiger partial charge in [0, 0.05) is 19.4 Å². The third kappa shape index (κ3) is 7.79. The highest BCUT2D eigenvalue weighted by molar-refractivity contribution is 5.85. The maximum absolute atomic E-state index is 12.9. The molecule has 8 atom stereocenters. The van der Waals surface area contributed by atoms with E-state index in [2.05, 4.69) is 13.8 Å². The fourth-order valence-electron chi connectivity index (χ4n) is 9.99. The number of likely N-dealkylation sites (N-methyl/N-ethyl adjacent to an activating group) is 1. The zero-order valence-corrected chi connectivity index (χ0v) is 29.4. The lowest BCUT2D eigenvalue weighted by Crippen LogP contribution is -2.56. The standard InChI is InChI=1S/C36H57NO9/c1-23(38)27-12-13-28-26-11-10-25-20-34(5,16-17-35(25,6)29(26)14-15-36(27,28)7)46-31(41)22-44-32(42)33(3,4)45-30(40)21-37(8)18-9-19-43-24(2)39/h25-29H,9-22H2,1-8H3/t25-,26-,27+,28-,29-,34+,35-,36+/m0/s1. The Hall–Kier alpha value is -2.49. The molecule has 4 aliphatic carbocycles. The quantitative estimate of drug-likeness (QED) is 0.157. The van der Waals surface area contributed by atoms with E-state index in [1.54, 1.807) is 18.9 Å². The van der Waals surface area contributed by atoms with Crippen LogP contribution in [-0.4, -0.2) is 79.1 Å². The van der Waals surface area contributed by atoms with Crippen LogP contribution in [-0.2, 0) is 42.9 Å². The Labute approximate surface area is 275 Å². The van der Waals surface area contributed by atoms with Crippen LogP contribution in [0.4, 0.5) is 0 Å². The van der Waals surface area contributed by atoms with Crippen molar-refractivity contribution >= 4 is 29.7 Å². The smallest absolute Gasteiger partial charge is 0.350 e. The van der Waals surface area contributed by atoms with Crippen molar-refractivity contribution in [3.8, 4) is 0 Å². The molecule has 0 radical (unpaired) electrons. The number of ketones is 1. The SMILES string of the molecule is CC(=O)OCCCN(C)CC(=O)OC(C)(C)C(=O)OCC(=O)O[C@]1(C)CC[C@@]2(C)[C@@H](CC[C@@H]3[C@@H]2CC[C@]2(C)[C@@H](C(C)=O)CC[C@@H]32)C1. The van der Waals surface area contributed by atoms with Gasteiger partial charge in [-0.1, -0.05) is 13.8 Å². The van der Waals surface area contributed by atoms with Gasteiger partial charge in [-0.3, -0.25) is 19.3 Å². The summed E-state index contributed by atoms with van der Waals surface area (Å²) in [5, 5.41) is 0.